The normalized spacial score (nSPS) is 23.1. The molecule has 0 aromatic heterocycles. The number of benzene rings is 1. The van der Waals surface area contributed by atoms with Crippen LogP contribution in [0.15, 0.2) is 42.5 Å². The number of likely N-dealkylation sites (tertiary alicyclic amines) is 1. The molecular formula is C84H136N16O20. The summed E-state index contributed by atoms with van der Waals surface area (Å²) in [5.74, 6) is -17.8. The molecule has 1 aromatic carbocycles. The van der Waals surface area contributed by atoms with E-state index in [1.165, 1.54) is 34.6 Å². The van der Waals surface area contributed by atoms with Gasteiger partial charge in [-0.1, -0.05) is 124 Å². The Morgan fingerprint density at radius 2 is 1.19 bits per heavy atom. The summed E-state index contributed by atoms with van der Waals surface area (Å²) >= 11 is 0. The summed E-state index contributed by atoms with van der Waals surface area (Å²) in [5, 5.41) is 51.1. The average Bonchev–Trinajstić information content (AvgIpc) is 1.48. The number of aliphatic carboxylic acids is 1. The van der Waals surface area contributed by atoms with Crippen molar-refractivity contribution in [1.82, 2.24) is 63.4 Å². The zero-order chi connectivity index (χ0) is 90.5. The molecule has 0 bridgehead atoms. The van der Waals surface area contributed by atoms with E-state index in [2.05, 4.69) is 58.5 Å². The number of nitrogens with zero attached hydrogens (tertiary/aromatic N) is 1. The van der Waals surface area contributed by atoms with Crippen molar-refractivity contribution in [2.24, 2.45) is 57.4 Å². The van der Waals surface area contributed by atoms with Crippen LogP contribution >= 0.6 is 0 Å². The van der Waals surface area contributed by atoms with Gasteiger partial charge >= 0.3 is 5.97 Å². The number of carbonyl (C=O) groups excluding carboxylic acids is 17. The topological polar surface area (TPSA) is 587 Å². The van der Waals surface area contributed by atoms with E-state index in [4.69, 9.17) is 22.9 Å². The number of unbranched alkanes of at least 4 members (excludes halogenated alkanes) is 1. The van der Waals surface area contributed by atoms with Crippen molar-refractivity contribution in [3.8, 4) is 0 Å². The number of hydrogen-bond donors (Lipinski definition) is 17. The molecule has 15 atom stereocenters. The Kier molecular flexibility index (Phi) is 44.8. The minimum absolute atomic E-state index is 0.00469. The van der Waals surface area contributed by atoms with Crippen molar-refractivity contribution in [2.75, 3.05) is 26.2 Å². The number of nitrogens with two attached hydrogens (primary N) is 4. The number of aliphatic hydroxyl groups excluding tert-OH is 1. The van der Waals surface area contributed by atoms with Crippen LogP contribution in [0.1, 0.15) is 230 Å². The number of rotatable bonds is 38. The number of carboxylic acids is 1. The van der Waals surface area contributed by atoms with Crippen molar-refractivity contribution in [1.29, 1.82) is 0 Å². The maximum absolute atomic E-state index is 15.5. The van der Waals surface area contributed by atoms with Crippen molar-refractivity contribution in [3.05, 3.63) is 48.0 Å². The lowest BCUT2D eigenvalue weighted by molar-refractivity contribution is -0.146. The summed E-state index contributed by atoms with van der Waals surface area (Å²) in [6, 6.07) is -8.31. The predicted molar refractivity (Wildman–Crippen MR) is 446 cm³/mol. The molecule has 1 aromatic rings. The maximum atomic E-state index is 15.5. The number of ketones is 4. The molecule has 1 fully saturated rings. The SMILES string of the molecule is CC(=O)CC(=O)[C@H](CC(=O)O)NC(=O)[C@@H](NC(=O)[C@H](CC(N)=O)NC(=O)[C@@H]1CCCN1C(=O)[C@@H](NC[C@]1(C)CCCCCCC=CCCC[C@@](C)(C(=O)N[C@@H](C)C(=O)N[C@@H](CCC(N)=O)C(N)=O)CN[C@@H](C(C)C)C(=O)N[C@@H](CCCCN)C(=O)N[C@@H](CC(C)C)C(=O)N[C@@H](Cc2ccccc2)C(=O)N[C@@H](CC(C)C)C(=O)C1=O)[C@@H](C)O)C(C)C. The number of carbonyl (C=O) groups is 18. The van der Waals surface area contributed by atoms with Crippen LogP contribution in [0.25, 0.3) is 0 Å². The largest absolute Gasteiger partial charge is 0.481 e. The molecule has 0 aliphatic carbocycles. The van der Waals surface area contributed by atoms with E-state index in [-0.39, 0.29) is 95.7 Å². The van der Waals surface area contributed by atoms with Gasteiger partial charge < -0.3 is 96.5 Å². The lowest BCUT2D eigenvalue weighted by Crippen LogP contribution is -2.61. The van der Waals surface area contributed by atoms with Crippen LogP contribution in [0.4, 0.5) is 0 Å². The molecule has 0 unspecified atom stereocenters. The molecule has 21 N–H and O–H groups in total. The molecule has 672 valence electrons. The van der Waals surface area contributed by atoms with Crippen molar-refractivity contribution in [3.63, 3.8) is 0 Å². The number of carboxylic acid groups (broad SMARTS) is 1. The molecule has 36 nitrogen and oxygen atoms in total. The van der Waals surface area contributed by atoms with Gasteiger partial charge in [-0.3, -0.25) is 86.3 Å². The standard InChI is InChI=1S/C84H136N16O20/c1-47(2)39-58-70(108)71(109)83(12,45-90-69(53(11)102)81(119)100-38-28-32-62(100)78(116)98-61(43-65(87)105)77(115)99-68(50(7)8)80(118)94-57(44-66(106)107)63(103)41-51(9)101)35-25-19-17-15-14-16-18-20-26-36-84(13,82(120)91-52(10)73(111)92-55(72(88)110)33-34-64(86)104)46-89-67(49(5)6)79(117)93-56(31-24-27-37-85)74(112)96-59(40-48(3)4)75(113)97-60(76(114)95-58)42-54-29-22-21-23-30-54/h16,18,21-23,29-30,47-50,52-53,55-62,67-69,89-90,102H,14-15,17,19-20,24-28,31-46,85H2,1-13H3,(H2,86,104)(H2,87,105)(H2,88,110)(H,91,120)(H,92,111)(H,93,117)(H,94,118)(H,95,114)(H,96,112)(H,97,113)(H,98,116)(H,99,115)(H,106,107)/t52-,53+,55-,56-,57-,58-,59-,60-,61-,62-,67-,68-,69-,83-,84+/m0/s1. The minimum atomic E-state index is -1.77. The van der Waals surface area contributed by atoms with E-state index in [1.54, 1.807) is 65.0 Å². The minimum Gasteiger partial charge on any atom is -0.481 e. The fraction of sp³-hybridized carbons (Fsp3) is 0.690. The number of nitrogens with one attached hydrogen (secondary N) is 11. The van der Waals surface area contributed by atoms with Gasteiger partial charge in [0.15, 0.2) is 5.78 Å². The van der Waals surface area contributed by atoms with Gasteiger partial charge in [0.1, 0.15) is 60.2 Å². The molecular weight excluding hydrogens is 1550 g/mol. The first-order valence-electron chi connectivity index (χ1n) is 42.0. The highest BCUT2D eigenvalue weighted by Crippen LogP contribution is 2.30. The van der Waals surface area contributed by atoms with Gasteiger partial charge in [0.2, 0.25) is 88.4 Å². The summed E-state index contributed by atoms with van der Waals surface area (Å²) in [6.45, 7) is 20.3. The second kappa shape index (κ2) is 51.6. The molecule has 3 rings (SSSR count). The molecule has 2 aliphatic rings. The zero-order valence-electron chi connectivity index (χ0n) is 72.2. The van der Waals surface area contributed by atoms with Gasteiger partial charge in [-0.2, -0.15) is 0 Å². The Balaban J connectivity index is 2.18. The van der Waals surface area contributed by atoms with Crippen LogP contribution in [0.5, 0.6) is 0 Å². The van der Waals surface area contributed by atoms with Crippen molar-refractivity contribution in [2.45, 2.75) is 310 Å². The van der Waals surface area contributed by atoms with E-state index in [9.17, 15) is 77.3 Å². The Hall–Kier alpha value is -9.94. The maximum Gasteiger partial charge on any atom is 0.305 e. The van der Waals surface area contributed by atoms with Gasteiger partial charge in [-0.25, -0.2) is 0 Å². The highest BCUT2D eigenvalue weighted by molar-refractivity contribution is 6.41. The molecule has 2 aliphatic heterocycles. The van der Waals surface area contributed by atoms with Gasteiger partial charge in [-0.15, -0.1) is 0 Å². The van der Waals surface area contributed by atoms with Crippen molar-refractivity contribution >= 4 is 106 Å². The first-order chi connectivity index (χ1) is 56.3. The highest BCUT2D eigenvalue weighted by atomic mass is 16.4. The number of allylic oxidation sites excluding steroid dienone is 2. The summed E-state index contributed by atoms with van der Waals surface area (Å²) in [7, 11) is 0. The average molecular weight is 1690 g/mol. The van der Waals surface area contributed by atoms with Crippen molar-refractivity contribution < 1.29 is 96.5 Å². The van der Waals surface area contributed by atoms with E-state index in [1.807, 2.05) is 26.0 Å². The van der Waals surface area contributed by atoms with Crippen LogP contribution in [0.3, 0.4) is 0 Å². The number of primary amides is 3. The second-order valence-electron chi connectivity index (χ2n) is 34.1. The molecule has 0 radical (unpaired) electrons. The molecule has 2 heterocycles. The summed E-state index contributed by atoms with van der Waals surface area (Å²) in [6.07, 6.45) is 4.35. The molecule has 0 spiro atoms. The van der Waals surface area contributed by atoms with Crippen LogP contribution in [-0.4, -0.2) is 226 Å². The summed E-state index contributed by atoms with van der Waals surface area (Å²) < 4.78 is 0. The Bertz CT molecular complexity index is 3720. The Morgan fingerprint density at radius 1 is 0.608 bits per heavy atom. The smallest absolute Gasteiger partial charge is 0.305 e. The third kappa shape index (κ3) is 35.8. The van der Waals surface area contributed by atoms with Gasteiger partial charge in [-0.05, 0) is 153 Å². The monoisotopic (exact) mass is 1690 g/mol. The Labute approximate surface area is 704 Å². The zero-order valence-corrected chi connectivity index (χ0v) is 72.2. The third-order valence-corrected chi connectivity index (χ3v) is 21.4. The molecule has 13 amide bonds. The summed E-state index contributed by atoms with van der Waals surface area (Å²) in [4.78, 5) is 250. The number of Topliss-reactive ketones (excluding diaryl/α,β-unsaturated/α-hetero) is 4. The quantitative estimate of drug-likeness (QED) is 0.0183. The van der Waals surface area contributed by atoms with Crippen LogP contribution in [-0.2, 0) is 92.7 Å². The van der Waals surface area contributed by atoms with E-state index in [0.29, 0.717) is 63.4 Å². The Morgan fingerprint density at radius 3 is 1.77 bits per heavy atom. The number of aliphatic hydroxyl groups is 1. The van der Waals surface area contributed by atoms with Crippen LogP contribution in [0.2, 0.25) is 0 Å². The molecule has 36 heteroatoms. The van der Waals surface area contributed by atoms with Gasteiger partial charge in [0.05, 0.1) is 48.9 Å². The first-order valence-corrected chi connectivity index (χ1v) is 42.0. The lowest BCUT2D eigenvalue weighted by Gasteiger charge is -2.35. The van der Waals surface area contributed by atoms with Gasteiger partial charge in [0, 0.05) is 37.9 Å². The van der Waals surface area contributed by atoms with Gasteiger partial charge in [0.25, 0.3) is 0 Å². The number of amides is 13. The molecule has 1 saturated heterocycles. The highest BCUT2D eigenvalue weighted by Gasteiger charge is 2.46. The lowest BCUT2D eigenvalue weighted by atomic mass is 9.76. The van der Waals surface area contributed by atoms with E-state index < -0.39 is 233 Å². The summed E-state index contributed by atoms with van der Waals surface area (Å²) in [5.41, 5.74) is 19.9. The number of hydrogen-bond acceptors (Lipinski definition) is 22. The third-order valence-electron chi connectivity index (χ3n) is 21.4. The van der Waals surface area contributed by atoms with Crippen LogP contribution < -0.4 is 81.4 Å². The fourth-order valence-electron chi connectivity index (χ4n) is 14.4. The van der Waals surface area contributed by atoms with E-state index in [0.717, 1.165) is 11.8 Å². The second-order valence-corrected chi connectivity index (χ2v) is 34.1. The van der Waals surface area contributed by atoms with E-state index >= 15 is 19.2 Å². The first kappa shape index (κ1) is 104. The van der Waals surface area contributed by atoms with Crippen LogP contribution in [0, 0.1) is 34.5 Å². The predicted octanol–water partition coefficient (Wildman–Crippen LogP) is 0.314. The molecule has 120 heavy (non-hydrogen) atoms. The molecule has 0 saturated carbocycles. The fourth-order valence-corrected chi connectivity index (χ4v) is 14.4.